The molecule has 9 aromatic carbocycles. The van der Waals surface area contributed by atoms with E-state index >= 15 is 0 Å². The van der Waals surface area contributed by atoms with Gasteiger partial charge in [0.2, 0.25) is 0 Å². The average Bonchev–Trinajstić information content (AvgIpc) is 3.59. The van der Waals surface area contributed by atoms with Gasteiger partial charge in [-0.2, -0.15) is 5.26 Å². The highest BCUT2D eigenvalue weighted by molar-refractivity contribution is 6.27. The van der Waals surface area contributed by atoms with Gasteiger partial charge < -0.3 is 4.57 Å². The maximum atomic E-state index is 9.74. The Hall–Kier alpha value is -7.54. The summed E-state index contributed by atoms with van der Waals surface area (Å²) in [6.45, 7) is 0. The number of hydrogen-bond acceptors (Lipinski definition) is 2. The summed E-state index contributed by atoms with van der Waals surface area (Å²) in [7, 11) is 0. The van der Waals surface area contributed by atoms with Crippen LogP contribution in [0.2, 0.25) is 0 Å². The maximum Gasteiger partial charge on any atom is 0.0991 e. The van der Waals surface area contributed by atoms with Crippen LogP contribution < -0.4 is 0 Å². The van der Waals surface area contributed by atoms with Crippen LogP contribution in [0.1, 0.15) is 5.56 Å². The molecule has 0 atom stereocenters. The van der Waals surface area contributed by atoms with Gasteiger partial charge in [-0.15, -0.1) is 0 Å². The zero-order valence-corrected chi connectivity index (χ0v) is 29.7. The molecule has 2 aromatic heterocycles. The lowest BCUT2D eigenvalue weighted by atomic mass is 9.87. The second-order valence-corrected chi connectivity index (χ2v) is 14.2. The molecule has 3 nitrogen and oxygen atoms in total. The lowest BCUT2D eigenvalue weighted by Crippen LogP contribution is -1.93. The van der Waals surface area contributed by atoms with Gasteiger partial charge in [0.1, 0.15) is 0 Å². The van der Waals surface area contributed by atoms with Gasteiger partial charge in [-0.25, -0.2) is 4.98 Å². The maximum absolute atomic E-state index is 9.74. The molecule has 0 aliphatic carbocycles. The first-order chi connectivity index (χ1) is 27.2. The van der Waals surface area contributed by atoms with E-state index in [1.165, 1.54) is 43.4 Å². The Morgan fingerprint density at radius 3 is 1.71 bits per heavy atom. The molecule has 0 radical (unpaired) electrons. The molecule has 0 amide bonds. The molecule has 0 aliphatic heterocycles. The summed E-state index contributed by atoms with van der Waals surface area (Å²) in [4.78, 5) is 5.13. The minimum atomic E-state index is 0.660. The van der Waals surface area contributed by atoms with Crippen molar-refractivity contribution in [2.45, 2.75) is 0 Å². The number of fused-ring (bicyclic) bond motifs is 3. The first kappa shape index (κ1) is 31.0. The molecule has 0 unspecified atom stereocenters. The van der Waals surface area contributed by atoms with Crippen LogP contribution in [0.5, 0.6) is 0 Å². The molecule has 11 aromatic rings. The van der Waals surface area contributed by atoms with Gasteiger partial charge in [-0.1, -0.05) is 133 Å². The van der Waals surface area contributed by atoms with E-state index in [0.29, 0.717) is 5.56 Å². The number of nitrogens with zero attached hydrogens (tertiary/aromatic N) is 3. The highest BCUT2D eigenvalue weighted by Gasteiger charge is 2.17. The molecule has 55 heavy (non-hydrogen) atoms. The molecule has 0 saturated carbocycles. The second-order valence-electron chi connectivity index (χ2n) is 14.2. The van der Waals surface area contributed by atoms with Crippen LogP contribution in [0.4, 0.5) is 0 Å². The average molecular weight is 698 g/mol. The predicted octanol–water partition coefficient (Wildman–Crippen LogP) is 13.6. The van der Waals surface area contributed by atoms with Crippen molar-refractivity contribution in [3.05, 3.63) is 194 Å². The van der Waals surface area contributed by atoms with Crippen LogP contribution in [0.25, 0.3) is 105 Å². The smallest absolute Gasteiger partial charge is 0.0991 e. The molecule has 0 saturated heterocycles. The van der Waals surface area contributed by atoms with Crippen molar-refractivity contribution in [2.75, 3.05) is 0 Å². The fourth-order valence-electron chi connectivity index (χ4n) is 8.60. The van der Waals surface area contributed by atoms with E-state index in [-0.39, 0.29) is 0 Å². The van der Waals surface area contributed by atoms with E-state index in [1.54, 1.807) is 0 Å². The number of nitriles is 1. The topological polar surface area (TPSA) is 41.6 Å². The number of benzene rings is 9. The van der Waals surface area contributed by atoms with Gasteiger partial charge >= 0.3 is 0 Å². The quantitative estimate of drug-likeness (QED) is 0.168. The largest absolute Gasteiger partial charge is 0.309 e. The van der Waals surface area contributed by atoms with Crippen molar-refractivity contribution in [1.82, 2.24) is 9.55 Å². The van der Waals surface area contributed by atoms with Gasteiger partial charge in [0.15, 0.2) is 0 Å². The molecule has 0 N–H and O–H groups in total. The van der Waals surface area contributed by atoms with Crippen molar-refractivity contribution in [3.8, 4) is 56.5 Å². The van der Waals surface area contributed by atoms with E-state index in [9.17, 15) is 5.26 Å². The van der Waals surface area contributed by atoms with Crippen LogP contribution in [0, 0.1) is 11.3 Å². The molecule has 11 rings (SSSR count). The van der Waals surface area contributed by atoms with Crippen LogP contribution in [0.3, 0.4) is 0 Å². The van der Waals surface area contributed by atoms with E-state index in [0.717, 1.165) is 61.1 Å². The minimum Gasteiger partial charge on any atom is -0.309 e. The summed E-state index contributed by atoms with van der Waals surface area (Å²) < 4.78 is 2.29. The number of hydrogen-bond donors (Lipinski definition) is 0. The number of aromatic nitrogens is 2. The monoisotopic (exact) mass is 697 g/mol. The van der Waals surface area contributed by atoms with Crippen molar-refractivity contribution in [2.24, 2.45) is 0 Å². The van der Waals surface area contributed by atoms with Crippen LogP contribution in [-0.2, 0) is 0 Å². The predicted molar refractivity (Wildman–Crippen MR) is 229 cm³/mol. The molecular weight excluding hydrogens is 667 g/mol. The summed E-state index contributed by atoms with van der Waals surface area (Å²) in [5.74, 6) is 0. The Balaban J connectivity index is 1.01. The van der Waals surface area contributed by atoms with Gasteiger partial charge in [0.25, 0.3) is 0 Å². The Kier molecular flexibility index (Phi) is 6.92. The lowest BCUT2D eigenvalue weighted by Gasteiger charge is -2.16. The summed E-state index contributed by atoms with van der Waals surface area (Å²) in [5, 5.41) is 19.4. The second kappa shape index (κ2) is 12.3. The fraction of sp³-hybridized carbons (Fsp3) is 0. The van der Waals surface area contributed by atoms with Crippen LogP contribution in [-0.4, -0.2) is 9.55 Å². The standard InChI is InChI=1S/C52H31N3/c53-32-33-14-28-49-45(30-33)46-31-39(23-29-50(46)55(49)40-10-5-2-6-11-40)34-15-17-35(18-16-34)41-24-19-37-22-27-44-42(25-20-38-21-26-43(41)51(37)52(38)44)48-13-7-12-47(54-48)36-8-3-1-4-9-36/h1-31H. The first-order valence-corrected chi connectivity index (χ1v) is 18.6. The third kappa shape index (κ3) is 4.93. The highest BCUT2D eigenvalue weighted by Crippen LogP contribution is 2.43. The fourth-order valence-corrected chi connectivity index (χ4v) is 8.60. The zero-order valence-electron chi connectivity index (χ0n) is 29.7. The van der Waals surface area contributed by atoms with Gasteiger partial charge in [0, 0.05) is 27.6 Å². The van der Waals surface area contributed by atoms with Gasteiger partial charge in [-0.05, 0) is 109 Å². The van der Waals surface area contributed by atoms with Crippen molar-refractivity contribution in [3.63, 3.8) is 0 Å². The minimum absolute atomic E-state index is 0.660. The van der Waals surface area contributed by atoms with Crippen LogP contribution in [0.15, 0.2) is 188 Å². The first-order valence-electron chi connectivity index (χ1n) is 18.6. The van der Waals surface area contributed by atoms with E-state index in [4.69, 9.17) is 4.98 Å². The van der Waals surface area contributed by atoms with Crippen molar-refractivity contribution in [1.29, 1.82) is 5.26 Å². The summed E-state index contributed by atoms with van der Waals surface area (Å²) in [5.41, 5.74) is 12.9. The number of para-hydroxylation sites is 1. The van der Waals surface area contributed by atoms with Crippen LogP contribution >= 0.6 is 0 Å². The van der Waals surface area contributed by atoms with Crippen molar-refractivity contribution >= 4 is 54.1 Å². The molecule has 0 fully saturated rings. The Labute approximate surface area is 318 Å². The third-order valence-electron chi connectivity index (χ3n) is 11.2. The van der Waals surface area contributed by atoms with Crippen molar-refractivity contribution < 1.29 is 0 Å². The Morgan fingerprint density at radius 2 is 0.982 bits per heavy atom. The molecule has 0 spiro atoms. The van der Waals surface area contributed by atoms with E-state index in [2.05, 4.69) is 174 Å². The zero-order chi connectivity index (χ0) is 36.5. The molecule has 3 heteroatoms. The summed E-state index contributed by atoms with van der Waals surface area (Å²) in [6.07, 6.45) is 0. The highest BCUT2D eigenvalue weighted by atomic mass is 15.0. The number of pyridine rings is 1. The Morgan fingerprint density at radius 1 is 0.400 bits per heavy atom. The van der Waals surface area contributed by atoms with E-state index < -0.39 is 0 Å². The van der Waals surface area contributed by atoms with Gasteiger partial charge in [-0.3, -0.25) is 0 Å². The molecular formula is C52H31N3. The molecule has 0 bridgehead atoms. The normalized spacial score (nSPS) is 11.6. The number of rotatable bonds is 5. The molecule has 2 heterocycles. The van der Waals surface area contributed by atoms with Gasteiger partial charge in [0.05, 0.1) is 34.1 Å². The third-order valence-corrected chi connectivity index (χ3v) is 11.2. The molecule has 254 valence electrons. The molecule has 0 aliphatic rings. The lowest BCUT2D eigenvalue weighted by molar-refractivity contribution is 1.18. The Bertz CT molecular complexity index is 3300. The summed E-state index contributed by atoms with van der Waals surface area (Å²) in [6, 6.07) is 69.1. The SMILES string of the molecule is N#Cc1ccc2c(c1)c1cc(-c3ccc(-c4ccc5ccc6c(-c7cccc(-c8ccccc8)n7)ccc7ccc4c5c76)cc3)ccc1n2-c1ccccc1. The summed E-state index contributed by atoms with van der Waals surface area (Å²) >= 11 is 0. The van der Waals surface area contributed by atoms with E-state index in [1.807, 2.05) is 24.3 Å².